The van der Waals surface area contributed by atoms with E-state index >= 15 is 0 Å². The molecule has 0 radical (unpaired) electrons. The summed E-state index contributed by atoms with van der Waals surface area (Å²) in [7, 11) is 0. The van der Waals surface area contributed by atoms with E-state index in [0.29, 0.717) is 0 Å². The lowest BCUT2D eigenvalue weighted by Gasteiger charge is -2.22. The molecule has 2 heteroatoms. The quantitative estimate of drug-likeness (QED) is 0.671. The highest BCUT2D eigenvalue weighted by Gasteiger charge is 2.30. The average Bonchev–Trinajstić information content (AvgIpc) is 2.91. The molecule has 0 bridgehead atoms. The molecule has 1 saturated carbocycles. The minimum absolute atomic E-state index is 0.785. The van der Waals surface area contributed by atoms with Crippen molar-refractivity contribution >= 4 is 0 Å². The van der Waals surface area contributed by atoms with E-state index in [4.69, 9.17) is 5.73 Å². The van der Waals surface area contributed by atoms with Crippen molar-refractivity contribution in [2.24, 2.45) is 11.7 Å². The van der Waals surface area contributed by atoms with Crippen molar-refractivity contribution in [3.8, 4) is 0 Å². The molecule has 70 valence electrons. The zero-order valence-corrected chi connectivity index (χ0v) is 7.84. The molecule has 0 aromatic carbocycles. The highest BCUT2D eigenvalue weighted by atomic mass is 15.2. The summed E-state index contributed by atoms with van der Waals surface area (Å²) >= 11 is 0. The van der Waals surface area contributed by atoms with Gasteiger partial charge in [0.1, 0.15) is 0 Å². The third kappa shape index (κ3) is 1.99. The van der Waals surface area contributed by atoms with Crippen LogP contribution in [0.25, 0.3) is 0 Å². The first-order valence-corrected chi connectivity index (χ1v) is 5.34. The molecule has 2 N–H and O–H groups in total. The second kappa shape index (κ2) is 3.75. The highest BCUT2D eigenvalue weighted by molar-refractivity contribution is 4.86. The Morgan fingerprint density at radius 1 is 1.17 bits per heavy atom. The monoisotopic (exact) mass is 168 g/mol. The third-order valence-corrected chi connectivity index (χ3v) is 3.20. The molecule has 1 saturated heterocycles. The summed E-state index contributed by atoms with van der Waals surface area (Å²) < 4.78 is 0. The van der Waals surface area contributed by atoms with Crippen molar-refractivity contribution in [2.45, 2.75) is 38.1 Å². The maximum absolute atomic E-state index is 5.73. The molecule has 0 amide bonds. The SMILES string of the molecule is NCC1CCCCN(C2CC2)C1. The van der Waals surface area contributed by atoms with Crippen LogP contribution in [-0.2, 0) is 0 Å². The summed E-state index contributed by atoms with van der Waals surface area (Å²) in [4.78, 5) is 2.67. The summed E-state index contributed by atoms with van der Waals surface area (Å²) in [6.07, 6.45) is 7.03. The van der Waals surface area contributed by atoms with Crippen molar-refractivity contribution in [1.29, 1.82) is 0 Å². The van der Waals surface area contributed by atoms with E-state index < -0.39 is 0 Å². The molecule has 2 aliphatic rings. The van der Waals surface area contributed by atoms with Crippen molar-refractivity contribution < 1.29 is 0 Å². The van der Waals surface area contributed by atoms with Crippen LogP contribution in [0.1, 0.15) is 32.1 Å². The van der Waals surface area contributed by atoms with Crippen LogP contribution in [0.2, 0.25) is 0 Å². The molecule has 1 atom stereocenters. The molecule has 1 aliphatic heterocycles. The largest absolute Gasteiger partial charge is 0.330 e. The van der Waals surface area contributed by atoms with Gasteiger partial charge in [-0.25, -0.2) is 0 Å². The molecule has 2 nitrogen and oxygen atoms in total. The topological polar surface area (TPSA) is 29.3 Å². The highest BCUT2D eigenvalue weighted by Crippen LogP contribution is 2.29. The lowest BCUT2D eigenvalue weighted by Crippen LogP contribution is -2.33. The van der Waals surface area contributed by atoms with Gasteiger partial charge in [0.05, 0.1) is 0 Å². The number of rotatable bonds is 2. The van der Waals surface area contributed by atoms with E-state index in [0.717, 1.165) is 18.5 Å². The number of hydrogen-bond acceptors (Lipinski definition) is 2. The van der Waals surface area contributed by atoms with Gasteiger partial charge < -0.3 is 10.6 Å². The van der Waals surface area contributed by atoms with E-state index in [9.17, 15) is 0 Å². The predicted molar refractivity (Wildman–Crippen MR) is 51.0 cm³/mol. The molecule has 0 aromatic heterocycles. The fourth-order valence-electron chi connectivity index (χ4n) is 2.23. The lowest BCUT2D eigenvalue weighted by atomic mass is 10.0. The normalized spacial score (nSPS) is 33.2. The number of nitrogens with zero attached hydrogens (tertiary/aromatic N) is 1. The van der Waals surface area contributed by atoms with E-state index in [2.05, 4.69) is 4.90 Å². The Labute approximate surface area is 75.1 Å². The van der Waals surface area contributed by atoms with E-state index in [1.165, 1.54) is 45.2 Å². The van der Waals surface area contributed by atoms with Gasteiger partial charge in [0.25, 0.3) is 0 Å². The van der Waals surface area contributed by atoms with Crippen LogP contribution in [-0.4, -0.2) is 30.6 Å². The van der Waals surface area contributed by atoms with E-state index in [1.54, 1.807) is 0 Å². The van der Waals surface area contributed by atoms with Gasteiger partial charge in [-0.3, -0.25) is 0 Å². The minimum atomic E-state index is 0.785. The Kier molecular flexibility index (Phi) is 2.66. The maximum atomic E-state index is 5.73. The Hall–Kier alpha value is -0.0800. The molecule has 2 fully saturated rings. The van der Waals surface area contributed by atoms with Gasteiger partial charge in [0.15, 0.2) is 0 Å². The van der Waals surface area contributed by atoms with Crippen molar-refractivity contribution in [3.63, 3.8) is 0 Å². The maximum Gasteiger partial charge on any atom is 0.00965 e. The van der Waals surface area contributed by atoms with Gasteiger partial charge in [-0.1, -0.05) is 6.42 Å². The zero-order chi connectivity index (χ0) is 8.39. The molecule has 1 aliphatic carbocycles. The van der Waals surface area contributed by atoms with Gasteiger partial charge in [0, 0.05) is 12.6 Å². The molecular formula is C10H20N2. The van der Waals surface area contributed by atoms with Crippen molar-refractivity contribution in [2.75, 3.05) is 19.6 Å². The fraction of sp³-hybridized carbons (Fsp3) is 1.00. The number of nitrogens with two attached hydrogens (primary N) is 1. The van der Waals surface area contributed by atoms with Crippen LogP contribution in [0.5, 0.6) is 0 Å². The molecule has 1 heterocycles. The molecule has 2 rings (SSSR count). The summed E-state index contributed by atoms with van der Waals surface area (Å²) in [6.45, 7) is 3.51. The van der Waals surface area contributed by atoms with Crippen LogP contribution in [0, 0.1) is 5.92 Å². The molecule has 1 unspecified atom stereocenters. The van der Waals surface area contributed by atoms with Crippen molar-refractivity contribution in [3.05, 3.63) is 0 Å². The molecular weight excluding hydrogens is 148 g/mol. The van der Waals surface area contributed by atoms with E-state index in [-0.39, 0.29) is 0 Å². The van der Waals surface area contributed by atoms with Crippen molar-refractivity contribution in [1.82, 2.24) is 4.90 Å². The van der Waals surface area contributed by atoms with Crippen LogP contribution >= 0.6 is 0 Å². The first kappa shape index (κ1) is 8.52. The van der Waals surface area contributed by atoms with E-state index in [1.807, 2.05) is 0 Å². The predicted octanol–water partition coefficient (Wildman–Crippen LogP) is 1.21. The summed E-state index contributed by atoms with van der Waals surface area (Å²) in [6, 6.07) is 0.942. The smallest absolute Gasteiger partial charge is 0.00965 e. The Morgan fingerprint density at radius 2 is 2.00 bits per heavy atom. The second-order valence-electron chi connectivity index (χ2n) is 4.32. The molecule has 12 heavy (non-hydrogen) atoms. The first-order valence-electron chi connectivity index (χ1n) is 5.34. The Balaban J connectivity index is 1.86. The number of likely N-dealkylation sites (tertiary alicyclic amines) is 1. The third-order valence-electron chi connectivity index (χ3n) is 3.20. The van der Waals surface area contributed by atoms with Crippen LogP contribution in [0.4, 0.5) is 0 Å². The Bertz CT molecular complexity index is 143. The Morgan fingerprint density at radius 3 is 2.67 bits per heavy atom. The van der Waals surface area contributed by atoms with Gasteiger partial charge in [0.2, 0.25) is 0 Å². The standard InChI is InChI=1S/C10H20N2/c11-7-9-3-1-2-6-12(8-9)10-4-5-10/h9-10H,1-8,11H2. The molecule has 0 spiro atoms. The second-order valence-corrected chi connectivity index (χ2v) is 4.32. The first-order chi connectivity index (χ1) is 5.90. The van der Waals surface area contributed by atoms with Gasteiger partial charge in [-0.2, -0.15) is 0 Å². The summed E-state index contributed by atoms with van der Waals surface area (Å²) in [5.41, 5.74) is 5.73. The minimum Gasteiger partial charge on any atom is -0.330 e. The van der Waals surface area contributed by atoms with Crippen LogP contribution in [0.3, 0.4) is 0 Å². The van der Waals surface area contributed by atoms with Crippen LogP contribution in [0.15, 0.2) is 0 Å². The molecule has 0 aromatic rings. The number of hydrogen-bond donors (Lipinski definition) is 1. The van der Waals surface area contributed by atoms with Gasteiger partial charge in [-0.05, 0) is 44.7 Å². The van der Waals surface area contributed by atoms with Crippen LogP contribution < -0.4 is 5.73 Å². The summed E-state index contributed by atoms with van der Waals surface area (Å²) in [5.74, 6) is 0.785. The lowest BCUT2D eigenvalue weighted by molar-refractivity contribution is 0.242. The van der Waals surface area contributed by atoms with Gasteiger partial charge in [-0.15, -0.1) is 0 Å². The summed E-state index contributed by atoms with van der Waals surface area (Å²) in [5, 5.41) is 0. The van der Waals surface area contributed by atoms with Gasteiger partial charge >= 0.3 is 0 Å². The fourth-order valence-corrected chi connectivity index (χ4v) is 2.23. The zero-order valence-electron chi connectivity index (χ0n) is 7.84. The average molecular weight is 168 g/mol.